The normalized spacial score (nSPS) is 12.5. The Morgan fingerprint density at radius 2 is 1.62 bits per heavy atom. The molecule has 0 saturated heterocycles. The van der Waals surface area contributed by atoms with Crippen LogP contribution in [-0.4, -0.2) is 56.6 Å². The molecule has 1 unspecified atom stereocenters. The molecule has 8 nitrogen and oxygen atoms in total. The number of methoxy groups -OCH3 is 1. The van der Waals surface area contributed by atoms with Gasteiger partial charge in [-0.1, -0.05) is 36.8 Å². The maximum atomic E-state index is 13.5. The minimum atomic E-state index is -3.56. The number of rotatable bonds is 12. The number of carbonyl (C=O) groups is 2. The number of sulfonamides is 1. The van der Waals surface area contributed by atoms with Crippen molar-refractivity contribution in [1.82, 2.24) is 10.2 Å². The molecule has 2 amide bonds. The summed E-state index contributed by atoms with van der Waals surface area (Å²) in [4.78, 5) is 28.2. The van der Waals surface area contributed by atoms with E-state index < -0.39 is 21.6 Å². The highest BCUT2D eigenvalue weighted by atomic mass is 32.2. The van der Waals surface area contributed by atoms with E-state index in [1.807, 2.05) is 58.9 Å². The van der Waals surface area contributed by atoms with Crippen LogP contribution in [0.15, 0.2) is 48.5 Å². The minimum absolute atomic E-state index is 0.104. The van der Waals surface area contributed by atoms with Crippen LogP contribution in [0.5, 0.6) is 5.75 Å². The van der Waals surface area contributed by atoms with E-state index in [9.17, 15) is 18.0 Å². The van der Waals surface area contributed by atoms with Gasteiger partial charge in [-0.05, 0) is 70.4 Å². The molecule has 0 aliphatic rings. The highest BCUT2D eigenvalue weighted by molar-refractivity contribution is 7.92. The van der Waals surface area contributed by atoms with E-state index in [4.69, 9.17) is 4.74 Å². The first-order valence-electron chi connectivity index (χ1n) is 12.5. The summed E-state index contributed by atoms with van der Waals surface area (Å²) in [5, 5.41) is 2.99. The highest BCUT2D eigenvalue weighted by Gasteiger charge is 2.30. The molecule has 0 fully saturated rings. The molecule has 0 spiro atoms. The van der Waals surface area contributed by atoms with Gasteiger partial charge in [-0.25, -0.2) is 8.42 Å². The molecule has 0 aliphatic heterocycles. The fourth-order valence-corrected chi connectivity index (χ4v) is 4.98. The average molecular weight is 532 g/mol. The predicted molar refractivity (Wildman–Crippen MR) is 148 cm³/mol. The van der Waals surface area contributed by atoms with E-state index in [1.54, 1.807) is 36.3 Å². The van der Waals surface area contributed by atoms with Crippen LogP contribution >= 0.6 is 0 Å². The van der Waals surface area contributed by atoms with Crippen LogP contribution in [0.3, 0.4) is 0 Å². The maximum absolute atomic E-state index is 13.5. The molecule has 0 aromatic heterocycles. The molecule has 37 heavy (non-hydrogen) atoms. The first-order valence-corrected chi connectivity index (χ1v) is 14.4. The summed E-state index contributed by atoms with van der Waals surface area (Å²) in [7, 11) is -2.02. The van der Waals surface area contributed by atoms with Crippen LogP contribution in [0.4, 0.5) is 5.69 Å². The third kappa shape index (κ3) is 9.39. The lowest BCUT2D eigenvalue weighted by Gasteiger charge is -2.33. The van der Waals surface area contributed by atoms with Gasteiger partial charge < -0.3 is 15.0 Å². The molecule has 9 heteroatoms. The quantitative estimate of drug-likeness (QED) is 0.441. The molecule has 0 heterocycles. The van der Waals surface area contributed by atoms with Crippen molar-refractivity contribution in [1.29, 1.82) is 0 Å². The van der Waals surface area contributed by atoms with Crippen LogP contribution in [0.25, 0.3) is 0 Å². The van der Waals surface area contributed by atoms with Crippen molar-refractivity contribution < 1.29 is 22.7 Å². The molecule has 204 valence electrons. The van der Waals surface area contributed by atoms with Gasteiger partial charge in [-0.3, -0.25) is 13.9 Å². The van der Waals surface area contributed by atoms with Crippen molar-refractivity contribution in [2.45, 2.75) is 72.0 Å². The Morgan fingerprint density at radius 3 is 2.11 bits per heavy atom. The maximum Gasteiger partial charge on any atom is 0.243 e. The monoisotopic (exact) mass is 531 g/mol. The molecule has 1 N–H and O–H groups in total. The molecule has 0 aliphatic carbocycles. The van der Waals surface area contributed by atoms with Crippen molar-refractivity contribution in [2.75, 3.05) is 24.2 Å². The third-order valence-electron chi connectivity index (χ3n) is 5.87. The number of anilines is 1. The second kappa shape index (κ2) is 12.9. The van der Waals surface area contributed by atoms with Gasteiger partial charge in [0.25, 0.3) is 0 Å². The fraction of sp³-hybridized carbons (Fsp3) is 0.500. The van der Waals surface area contributed by atoms with Crippen molar-refractivity contribution >= 4 is 27.5 Å². The molecule has 2 aromatic rings. The summed E-state index contributed by atoms with van der Waals surface area (Å²) in [5.74, 6) is 0.226. The van der Waals surface area contributed by atoms with Crippen LogP contribution in [0.1, 0.15) is 58.1 Å². The van der Waals surface area contributed by atoms with Gasteiger partial charge in [0.05, 0.1) is 19.1 Å². The van der Waals surface area contributed by atoms with Crippen molar-refractivity contribution in [2.24, 2.45) is 0 Å². The summed E-state index contributed by atoms with van der Waals surface area (Å²) in [6, 6.07) is 14.0. The topological polar surface area (TPSA) is 96.0 Å². The van der Waals surface area contributed by atoms with Gasteiger partial charge in [-0.15, -0.1) is 0 Å². The molecule has 0 bridgehead atoms. The second-order valence-corrected chi connectivity index (χ2v) is 12.2. The number of aryl methyl sites for hydroxylation is 1. The summed E-state index contributed by atoms with van der Waals surface area (Å²) in [5.41, 5.74) is 2.11. The summed E-state index contributed by atoms with van der Waals surface area (Å²) in [6.07, 6.45) is 2.01. The van der Waals surface area contributed by atoms with Gasteiger partial charge >= 0.3 is 0 Å². The lowest BCUT2D eigenvalue weighted by atomic mass is 10.0. The first kappa shape index (κ1) is 30.2. The smallest absolute Gasteiger partial charge is 0.243 e. The Labute approximate surface area is 222 Å². The Balaban J connectivity index is 2.22. The lowest BCUT2D eigenvalue weighted by Crippen LogP contribution is -2.53. The van der Waals surface area contributed by atoms with Crippen LogP contribution in [0, 0.1) is 6.92 Å². The standard InChI is InChI=1S/C28H41N3O5S/c1-8-25(27(33)29-28(3,4)5)30(20-22-13-11-21(2)12-14-22)26(32)10-9-19-31(37(7,34)35)23-15-17-24(36-6)18-16-23/h11-18,25H,8-10,19-20H2,1-7H3,(H,29,33). The Morgan fingerprint density at radius 1 is 1.03 bits per heavy atom. The Bertz CT molecular complexity index is 1140. The molecule has 0 radical (unpaired) electrons. The van der Waals surface area contributed by atoms with Gasteiger partial charge in [0, 0.05) is 25.0 Å². The molecular formula is C28H41N3O5S. The zero-order chi connectivity index (χ0) is 27.8. The van der Waals surface area contributed by atoms with E-state index in [0.29, 0.717) is 30.8 Å². The Hall–Kier alpha value is -3.07. The highest BCUT2D eigenvalue weighted by Crippen LogP contribution is 2.23. The largest absolute Gasteiger partial charge is 0.497 e. The number of nitrogens with zero attached hydrogens (tertiary/aromatic N) is 2. The molecule has 1 atom stereocenters. The van der Waals surface area contributed by atoms with Gasteiger partial charge in [0.15, 0.2) is 0 Å². The number of amides is 2. The summed E-state index contributed by atoms with van der Waals surface area (Å²) in [6.45, 7) is 10.0. The van der Waals surface area contributed by atoms with Crippen molar-refractivity contribution in [3.05, 3.63) is 59.7 Å². The van der Waals surface area contributed by atoms with E-state index in [1.165, 1.54) is 4.31 Å². The van der Waals surface area contributed by atoms with Crippen LogP contribution in [-0.2, 0) is 26.2 Å². The van der Waals surface area contributed by atoms with E-state index >= 15 is 0 Å². The zero-order valence-electron chi connectivity index (χ0n) is 23.1. The number of ether oxygens (including phenoxy) is 1. The number of carbonyl (C=O) groups excluding carboxylic acids is 2. The molecule has 2 aromatic carbocycles. The molecule has 0 saturated carbocycles. The van der Waals surface area contributed by atoms with E-state index in [0.717, 1.165) is 17.4 Å². The third-order valence-corrected chi connectivity index (χ3v) is 7.06. The average Bonchev–Trinajstić information content (AvgIpc) is 2.81. The SMILES string of the molecule is CCC(C(=O)NC(C)(C)C)N(Cc1ccc(C)cc1)C(=O)CCCN(c1ccc(OC)cc1)S(C)(=O)=O. The zero-order valence-corrected chi connectivity index (χ0v) is 23.9. The second-order valence-electron chi connectivity index (χ2n) is 10.3. The van der Waals surface area contributed by atoms with Crippen LogP contribution in [0.2, 0.25) is 0 Å². The predicted octanol–water partition coefficient (Wildman–Crippen LogP) is 4.27. The van der Waals surface area contributed by atoms with Gasteiger partial charge in [0.2, 0.25) is 21.8 Å². The Kier molecular flexibility index (Phi) is 10.5. The number of benzene rings is 2. The minimum Gasteiger partial charge on any atom is -0.497 e. The number of nitrogens with one attached hydrogen (secondary N) is 1. The van der Waals surface area contributed by atoms with Gasteiger partial charge in [-0.2, -0.15) is 0 Å². The van der Waals surface area contributed by atoms with Crippen molar-refractivity contribution in [3.8, 4) is 5.75 Å². The summed E-state index contributed by atoms with van der Waals surface area (Å²) >= 11 is 0. The summed E-state index contributed by atoms with van der Waals surface area (Å²) < 4.78 is 31.4. The lowest BCUT2D eigenvalue weighted by molar-refractivity contribution is -0.142. The fourth-order valence-electron chi connectivity index (χ4n) is 4.01. The number of hydrogen-bond acceptors (Lipinski definition) is 5. The number of hydrogen-bond donors (Lipinski definition) is 1. The van der Waals surface area contributed by atoms with E-state index in [2.05, 4.69) is 5.32 Å². The van der Waals surface area contributed by atoms with Gasteiger partial charge in [0.1, 0.15) is 11.8 Å². The van der Waals surface area contributed by atoms with E-state index in [-0.39, 0.29) is 24.8 Å². The van der Waals surface area contributed by atoms with Crippen LogP contribution < -0.4 is 14.4 Å². The molecule has 2 rings (SSSR count). The first-order chi connectivity index (χ1) is 17.2. The molecular weight excluding hydrogens is 490 g/mol. The van der Waals surface area contributed by atoms with Crippen molar-refractivity contribution in [3.63, 3.8) is 0 Å².